The summed E-state index contributed by atoms with van der Waals surface area (Å²) in [7, 11) is 0. The van der Waals surface area contributed by atoms with Crippen molar-refractivity contribution >= 4 is 22.4 Å². The van der Waals surface area contributed by atoms with Crippen LogP contribution in [0, 0.1) is 0 Å². The van der Waals surface area contributed by atoms with Crippen molar-refractivity contribution in [3.63, 3.8) is 0 Å². The molecule has 0 saturated carbocycles. The Morgan fingerprint density at radius 3 is 2.48 bits per heavy atom. The molecular formula is C27H32N2O2. The number of allylic oxidation sites excluding steroid dienone is 4. The van der Waals surface area contributed by atoms with Gasteiger partial charge < -0.3 is 15.0 Å². The summed E-state index contributed by atoms with van der Waals surface area (Å²) in [5, 5.41) is 1.22. The van der Waals surface area contributed by atoms with Gasteiger partial charge in [0.25, 0.3) is 0 Å². The van der Waals surface area contributed by atoms with Gasteiger partial charge in [0, 0.05) is 24.8 Å². The molecule has 2 N–H and O–H groups in total. The lowest BCUT2D eigenvalue weighted by atomic mass is 9.91. The number of hydrogen-bond donors (Lipinski definition) is 1. The molecule has 0 atom stereocenters. The van der Waals surface area contributed by atoms with E-state index in [9.17, 15) is 4.79 Å². The van der Waals surface area contributed by atoms with Gasteiger partial charge in [-0.05, 0) is 77.8 Å². The molecule has 4 nitrogen and oxygen atoms in total. The minimum atomic E-state index is -0.275. The van der Waals surface area contributed by atoms with Gasteiger partial charge in [0.15, 0.2) is 0 Å². The Morgan fingerprint density at radius 1 is 1.03 bits per heavy atom. The van der Waals surface area contributed by atoms with Crippen molar-refractivity contribution in [1.82, 2.24) is 4.57 Å². The fourth-order valence-corrected chi connectivity index (χ4v) is 3.88. The second-order valence-electron chi connectivity index (χ2n) is 7.26. The summed E-state index contributed by atoms with van der Waals surface area (Å²) in [6, 6.07) is 16.3. The Bertz CT molecular complexity index is 1090. The van der Waals surface area contributed by atoms with Crippen molar-refractivity contribution in [3.8, 4) is 0 Å². The topological polar surface area (TPSA) is 57.2 Å². The van der Waals surface area contributed by atoms with Gasteiger partial charge in [0.05, 0.1) is 12.2 Å². The molecule has 0 bridgehead atoms. The number of fused-ring (bicyclic) bond motifs is 1. The van der Waals surface area contributed by atoms with E-state index in [0.29, 0.717) is 18.7 Å². The van der Waals surface area contributed by atoms with Crippen LogP contribution in [0.1, 0.15) is 55.1 Å². The van der Waals surface area contributed by atoms with Gasteiger partial charge in [-0.3, -0.25) is 0 Å². The summed E-state index contributed by atoms with van der Waals surface area (Å²) < 4.78 is 7.37. The molecule has 1 aromatic heterocycles. The van der Waals surface area contributed by atoms with E-state index in [1.54, 1.807) is 0 Å². The van der Waals surface area contributed by atoms with Crippen molar-refractivity contribution in [2.45, 2.75) is 46.7 Å². The normalized spacial score (nSPS) is 13.2. The van der Waals surface area contributed by atoms with Gasteiger partial charge in [0.2, 0.25) is 0 Å². The number of hydrogen-bond acceptors (Lipinski definition) is 3. The van der Waals surface area contributed by atoms with Gasteiger partial charge in [0.1, 0.15) is 0 Å². The van der Waals surface area contributed by atoms with Gasteiger partial charge in [-0.2, -0.15) is 0 Å². The molecule has 0 fully saturated rings. The molecule has 0 spiro atoms. The first-order valence-corrected chi connectivity index (χ1v) is 11.1. The predicted molar refractivity (Wildman–Crippen MR) is 129 cm³/mol. The minimum absolute atomic E-state index is 0.275. The lowest BCUT2D eigenvalue weighted by molar-refractivity contribution is 0.0526. The Balaban J connectivity index is 0.00000132. The third-order valence-corrected chi connectivity index (χ3v) is 5.37. The van der Waals surface area contributed by atoms with Crippen molar-refractivity contribution in [2.75, 3.05) is 6.61 Å². The summed E-state index contributed by atoms with van der Waals surface area (Å²) in [4.78, 5) is 11.9. The van der Waals surface area contributed by atoms with E-state index in [2.05, 4.69) is 47.2 Å². The zero-order valence-corrected chi connectivity index (χ0v) is 18.7. The van der Waals surface area contributed by atoms with Crippen LogP contribution in [-0.2, 0) is 17.8 Å². The van der Waals surface area contributed by atoms with E-state index in [4.69, 9.17) is 10.5 Å². The second kappa shape index (κ2) is 10.8. The summed E-state index contributed by atoms with van der Waals surface area (Å²) in [5.41, 5.74) is 12.4. The highest BCUT2D eigenvalue weighted by molar-refractivity contribution is 5.90. The number of carbonyl (C=O) groups is 1. The molecule has 162 valence electrons. The molecule has 0 saturated heterocycles. The van der Waals surface area contributed by atoms with Crippen LogP contribution in [0.15, 0.2) is 72.5 Å². The Kier molecular flexibility index (Phi) is 7.85. The van der Waals surface area contributed by atoms with E-state index < -0.39 is 0 Å². The Morgan fingerprint density at radius 2 is 1.77 bits per heavy atom. The van der Waals surface area contributed by atoms with Crippen LogP contribution in [0.5, 0.6) is 0 Å². The summed E-state index contributed by atoms with van der Waals surface area (Å²) in [5.74, 6) is -0.275. The number of benzene rings is 2. The van der Waals surface area contributed by atoms with E-state index in [1.807, 2.05) is 45.0 Å². The number of esters is 1. The maximum Gasteiger partial charge on any atom is 0.338 e. The first kappa shape index (κ1) is 22.6. The molecule has 31 heavy (non-hydrogen) atoms. The summed E-state index contributed by atoms with van der Waals surface area (Å²) in [6.07, 6.45) is 8.85. The Hall–Kier alpha value is -3.11. The third kappa shape index (κ3) is 5.15. The molecule has 4 rings (SSSR count). The van der Waals surface area contributed by atoms with E-state index in [0.717, 1.165) is 30.5 Å². The van der Waals surface area contributed by atoms with Crippen LogP contribution < -0.4 is 5.73 Å². The van der Waals surface area contributed by atoms with Crippen molar-refractivity contribution < 1.29 is 9.53 Å². The SMILES string of the molecule is CC.CCOC(=O)c1ccc(C2=CCCC=C2Cn2ccc3cc(CN)ccc32)cc1. The van der Waals surface area contributed by atoms with E-state index >= 15 is 0 Å². The molecule has 0 unspecified atom stereocenters. The molecule has 3 aromatic rings. The van der Waals surface area contributed by atoms with Crippen molar-refractivity contribution in [1.29, 1.82) is 0 Å². The highest BCUT2D eigenvalue weighted by Crippen LogP contribution is 2.31. The van der Waals surface area contributed by atoms with Crippen LogP contribution >= 0.6 is 0 Å². The average molecular weight is 417 g/mol. The first-order valence-electron chi connectivity index (χ1n) is 11.1. The second-order valence-corrected chi connectivity index (χ2v) is 7.26. The number of nitrogens with zero attached hydrogens (tertiary/aromatic N) is 1. The number of rotatable bonds is 6. The van der Waals surface area contributed by atoms with Crippen LogP contribution in [-0.4, -0.2) is 17.1 Å². The van der Waals surface area contributed by atoms with Crippen molar-refractivity contribution in [2.24, 2.45) is 5.73 Å². The third-order valence-electron chi connectivity index (χ3n) is 5.37. The van der Waals surface area contributed by atoms with Crippen LogP contribution in [0.3, 0.4) is 0 Å². The number of ether oxygens (including phenoxy) is 1. The van der Waals surface area contributed by atoms with Crippen LogP contribution in [0.2, 0.25) is 0 Å². The molecule has 0 aliphatic heterocycles. The standard InChI is InChI=1S/C25H26N2O2.C2H6/c1-2-29-25(28)20-10-8-19(9-11-20)23-6-4-3-5-22(23)17-27-14-13-21-15-18(16-26)7-12-24(21)27;1-2/h5-15H,2-4,16-17,26H2,1H3;1-2H3. The molecule has 2 aromatic carbocycles. The van der Waals surface area contributed by atoms with Crippen LogP contribution in [0.25, 0.3) is 16.5 Å². The van der Waals surface area contributed by atoms with Crippen molar-refractivity contribution in [3.05, 3.63) is 89.1 Å². The summed E-state index contributed by atoms with van der Waals surface area (Å²) >= 11 is 0. The number of aromatic nitrogens is 1. The van der Waals surface area contributed by atoms with Gasteiger partial charge in [-0.15, -0.1) is 0 Å². The van der Waals surface area contributed by atoms with Gasteiger partial charge in [-0.1, -0.05) is 44.2 Å². The average Bonchev–Trinajstić information content (AvgIpc) is 3.23. The molecule has 4 heteroatoms. The smallest absolute Gasteiger partial charge is 0.338 e. The first-order chi connectivity index (χ1) is 15.2. The highest BCUT2D eigenvalue weighted by Gasteiger charge is 2.14. The fraction of sp³-hybridized carbons (Fsp3) is 0.296. The largest absolute Gasteiger partial charge is 0.462 e. The molecule has 1 heterocycles. The summed E-state index contributed by atoms with van der Waals surface area (Å²) in [6.45, 7) is 7.58. The number of nitrogens with two attached hydrogens (primary N) is 1. The molecule has 1 aliphatic carbocycles. The molecule has 0 amide bonds. The minimum Gasteiger partial charge on any atom is -0.462 e. The molecular weight excluding hydrogens is 384 g/mol. The predicted octanol–water partition coefficient (Wildman–Crippen LogP) is 6.11. The van der Waals surface area contributed by atoms with Gasteiger partial charge >= 0.3 is 5.97 Å². The fourth-order valence-electron chi connectivity index (χ4n) is 3.88. The van der Waals surface area contributed by atoms with Gasteiger partial charge in [-0.25, -0.2) is 4.79 Å². The zero-order chi connectivity index (χ0) is 22.2. The molecule has 0 radical (unpaired) electrons. The number of carbonyl (C=O) groups excluding carboxylic acids is 1. The molecule has 1 aliphatic rings. The maximum absolute atomic E-state index is 11.9. The zero-order valence-electron chi connectivity index (χ0n) is 18.7. The lowest BCUT2D eigenvalue weighted by Gasteiger charge is -2.18. The highest BCUT2D eigenvalue weighted by atomic mass is 16.5. The van der Waals surface area contributed by atoms with E-state index in [-0.39, 0.29) is 5.97 Å². The quantitative estimate of drug-likeness (QED) is 0.494. The lowest BCUT2D eigenvalue weighted by Crippen LogP contribution is -2.06. The van der Waals surface area contributed by atoms with Crippen LogP contribution in [0.4, 0.5) is 0 Å². The monoisotopic (exact) mass is 416 g/mol. The Labute approximate surface area is 185 Å². The van der Waals surface area contributed by atoms with E-state index in [1.165, 1.54) is 22.0 Å². The maximum atomic E-state index is 11.9.